The van der Waals surface area contributed by atoms with Crippen LogP contribution in [0.15, 0.2) is 18.2 Å². The van der Waals surface area contributed by atoms with Gasteiger partial charge in [0, 0.05) is 29.9 Å². The van der Waals surface area contributed by atoms with Gasteiger partial charge in [-0.05, 0) is 50.8 Å². The highest BCUT2D eigenvalue weighted by Crippen LogP contribution is 2.28. The number of hydrogen-bond acceptors (Lipinski definition) is 3. The minimum atomic E-state index is -0.918. The van der Waals surface area contributed by atoms with Crippen LogP contribution in [0.4, 0.5) is 8.78 Å². The summed E-state index contributed by atoms with van der Waals surface area (Å²) < 4.78 is 28.4. The number of amides is 1. The van der Waals surface area contributed by atoms with E-state index in [2.05, 4.69) is 15.7 Å². The van der Waals surface area contributed by atoms with Crippen molar-refractivity contribution in [2.75, 3.05) is 13.1 Å². The lowest BCUT2D eigenvalue weighted by Crippen LogP contribution is -2.45. The van der Waals surface area contributed by atoms with Crippen molar-refractivity contribution in [2.24, 2.45) is 0 Å². The van der Waals surface area contributed by atoms with Crippen molar-refractivity contribution in [1.82, 2.24) is 20.4 Å². The van der Waals surface area contributed by atoms with Gasteiger partial charge in [-0.15, -0.1) is 0 Å². The smallest absolute Gasteiger partial charge is 0.272 e. The summed E-state index contributed by atoms with van der Waals surface area (Å²) in [7, 11) is 0. The quantitative estimate of drug-likeness (QED) is 0.895. The van der Waals surface area contributed by atoms with E-state index in [4.69, 9.17) is 0 Å². The summed E-state index contributed by atoms with van der Waals surface area (Å²) in [5, 5.41) is 10.7. The minimum absolute atomic E-state index is 0.103. The number of rotatable bonds is 3. The molecule has 1 aliphatic carbocycles. The molecule has 1 saturated heterocycles. The van der Waals surface area contributed by atoms with Crippen LogP contribution < -0.4 is 10.6 Å². The van der Waals surface area contributed by atoms with Gasteiger partial charge in [-0.2, -0.15) is 5.10 Å². The molecule has 25 heavy (non-hydrogen) atoms. The summed E-state index contributed by atoms with van der Waals surface area (Å²) in [5.41, 5.74) is 2.68. The van der Waals surface area contributed by atoms with Crippen LogP contribution in [-0.4, -0.2) is 34.8 Å². The van der Waals surface area contributed by atoms with Gasteiger partial charge in [0.25, 0.3) is 5.91 Å². The molecule has 5 nitrogen and oxygen atoms in total. The normalized spacial score (nSPS) is 19.7. The molecule has 132 valence electrons. The highest BCUT2D eigenvalue weighted by atomic mass is 19.2. The van der Waals surface area contributed by atoms with Crippen LogP contribution >= 0.6 is 0 Å². The number of halogens is 2. The van der Waals surface area contributed by atoms with Crippen molar-refractivity contribution < 1.29 is 13.6 Å². The van der Waals surface area contributed by atoms with Crippen LogP contribution in [0.5, 0.6) is 0 Å². The number of carbonyl (C=O) groups is 1. The largest absolute Gasteiger partial charge is 0.347 e. The molecule has 0 radical (unpaired) electrons. The first-order chi connectivity index (χ1) is 12.1. The van der Waals surface area contributed by atoms with Crippen molar-refractivity contribution in [1.29, 1.82) is 0 Å². The van der Waals surface area contributed by atoms with E-state index in [1.807, 2.05) is 0 Å². The number of hydrogen-bond donors (Lipinski definition) is 2. The minimum Gasteiger partial charge on any atom is -0.347 e. The standard InChI is InChI=1S/C18H20F2N4O/c19-14-7-6-12(9-15(14)20)24-16-5-1-4-13(16)17(23-24)18(25)22-11-3-2-8-21-10-11/h6-7,9,11,21H,1-5,8,10H2,(H,22,25). The van der Waals surface area contributed by atoms with Crippen LogP contribution in [0.2, 0.25) is 0 Å². The highest BCUT2D eigenvalue weighted by Gasteiger charge is 2.28. The number of fused-ring (bicyclic) bond motifs is 1. The van der Waals surface area contributed by atoms with E-state index in [9.17, 15) is 13.6 Å². The molecule has 2 N–H and O–H groups in total. The molecule has 1 aromatic carbocycles. The maximum absolute atomic E-state index is 13.6. The zero-order valence-electron chi connectivity index (χ0n) is 13.8. The van der Waals surface area contributed by atoms with E-state index in [1.165, 1.54) is 6.07 Å². The predicted octanol–water partition coefficient (Wildman–Crippen LogP) is 2.12. The molecule has 1 amide bonds. The van der Waals surface area contributed by atoms with Crippen LogP contribution in [0.1, 0.15) is 41.0 Å². The third-order valence-corrected chi connectivity index (χ3v) is 4.93. The molecule has 0 spiro atoms. The Labute approximate surface area is 144 Å². The van der Waals surface area contributed by atoms with E-state index in [1.54, 1.807) is 4.68 Å². The molecule has 0 saturated carbocycles. The fourth-order valence-corrected chi connectivity index (χ4v) is 3.68. The molecular formula is C18H20F2N4O. The maximum atomic E-state index is 13.6. The number of nitrogens with zero attached hydrogens (tertiary/aromatic N) is 2. The Bertz CT molecular complexity index is 812. The molecular weight excluding hydrogens is 326 g/mol. The molecule has 1 aliphatic heterocycles. The van der Waals surface area contributed by atoms with Gasteiger partial charge in [0.05, 0.1) is 5.69 Å². The lowest BCUT2D eigenvalue weighted by atomic mass is 10.1. The highest BCUT2D eigenvalue weighted by molar-refractivity contribution is 5.94. The van der Waals surface area contributed by atoms with Crippen molar-refractivity contribution in [2.45, 2.75) is 38.1 Å². The topological polar surface area (TPSA) is 59.0 Å². The lowest BCUT2D eigenvalue weighted by molar-refractivity contribution is 0.0924. The van der Waals surface area contributed by atoms with Gasteiger partial charge < -0.3 is 10.6 Å². The van der Waals surface area contributed by atoms with E-state index >= 15 is 0 Å². The number of piperidine rings is 1. The zero-order chi connectivity index (χ0) is 17.4. The molecule has 1 fully saturated rings. The number of carbonyl (C=O) groups excluding carboxylic acids is 1. The van der Waals surface area contributed by atoms with Crippen LogP contribution in [0, 0.1) is 11.6 Å². The Morgan fingerprint density at radius 1 is 1.24 bits per heavy atom. The summed E-state index contributed by atoms with van der Waals surface area (Å²) in [6.07, 6.45) is 4.48. The van der Waals surface area contributed by atoms with Gasteiger partial charge in [0.1, 0.15) is 0 Å². The fraction of sp³-hybridized carbons (Fsp3) is 0.444. The number of aromatic nitrogens is 2. The Kier molecular flexibility index (Phi) is 4.25. The molecule has 4 rings (SSSR count). The second-order valence-electron chi connectivity index (χ2n) is 6.65. The number of nitrogens with one attached hydrogen (secondary N) is 2. The molecule has 1 aromatic heterocycles. The van der Waals surface area contributed by atoms with Crippen LogP contribution in [-0.2, 0) is 12.8 Å². The fourth-order valence-electron chi connectivity index (χ4n) is 3.68. The first-order valence-electron chi connectivity index (χ1n) is 8.71. The van der Waals surface area contributed by atoms with E-state index in [0.717, 1.165) is 68.6 Å². The molecule has 2 heterocycles. The number of benzene rings is 1. The van der Waals surface area contributed by atoms with E-state index in [0.29, 0.717) is 11.4 Å². The summed E-state index contributed by atoms with van der Waals surface area (Å²) in [4.78, 5) is 12.7. The molecule has 1 atom stereocenters. The summed E-state index contributed by atoms with van der Waals surface area (Å²) in [6.45, 7) is 1.74. The van der Waals surface area contributed by atoms with Crippen LogP contribution in [0.25, 0.3) is 5.69 Å². The van der Waals surface area contributed by atoms with Crippen molar-refractivity contribution in [3.63, 3.8) is 0 Å². The average molecular weight is 346 g/mol. The average Bonchev–Trinajstić information content (AvgIpc) is 3.20. The lowest BCUT2D eigenvalue weighted by Gasteiger charge is -2.23. The summed E-state index contributed by atoms with van der Waals surface area (Å²) >= 11 is 0. The summed E-state index contributed by atoms with van der Waals surface area (Å²) in [5.74, 6) is -2.00. The second kappa shape index (κ2) is 6.55. The van der Waals surface area contributed by atoms with Crippen molar-refractivity contribution in [3.05, 3.63) is 46.8 Å². The SMILES string of the molecule is O=C(NC1CCCNC1)c1nn(-c2ccc(F)c(F)c2)c2c1CCC2. The molecule has 2 aromatic rings. The maximum Gasteiger partial charge on any atom is 0.272 e. The third-order valence-electron chi connectivity index (χ3n) is 4.93. The van der Waals surface area contributed by atoms with Gasteiger partial charge in [0.15, 0.2) is 17.3 Å². The van der Waals surface area contributed by atoms with Gasteiger partial charge >= 0.3 is 0 Å². The van der Waals surface area contributed by atoms with Crippen molar-refractivity contribution >= 4 is 5.91 Å². The third kappa shape index (κ3) is 3.04. The predicted molar refractivity (Wildman–Crippen MR) is 88.9 cm³/mol. The van der Waals surface area contributed by atoms with Gasteiger partial charge in [-0.25, -0.2) is 13.5 Å². The monoisotopic (exact) mass is 346 g/mol. The van der Waals surface area contributed by atoms with Gasteiger partial charge in [-0.3, -0.25) is 4.79 Å². The first kappa shape index (κ1) is 16.2. The summed E-state index contributed by atoms with van der Waals surface area (Å²) in [6, 6.07) is 3.79. The molecule has 0 bridgehead atoms. The Hall–Kier alpha value is -2.28. The Balaban J connectivity index is 1.65. The van der Waals surface area contributed by atoms with E-state index in [-0.39, 0.29) is 11.9 Å². The molecule has 2 aliphatic rings. The van der Waals surface area contributed by atoms with Gasteiger partial charge in [-0.1, -0.05) is 0 Å². The zero-order valence-corrected chi connectivity index (χ0v) is 13.8. The molecule has 1 unspecified atom stereocenters. The van der Waals surface area contributed by atoms with E-state index < -0.39 is 11.6 Å². The second-order valence-corrected chi connectivity index (χ2v) is 6.65. The Morgan fingerprint density at radius 2 is 2.12 bits per heavy atom. The first-order valence-corrected chi connectivity index (χ1v) is 8.71. The van der Waals surface area contributed by atoms with Gasteiger partial charge in [0.2, 0.25) is 0 Å². The van der Waals surface area contributed by atoms with Crippen molar-refractivity contribution in [3.8, 4) is 5.69 Å². The van der Waals surface area contributed by atoms with Crippen LogP contribution in [0.3, 0.4) is 0 Å². The Morgan fingerprint density at radius 3 is 2.88 bits per heavy atom. The molecule has 7 heteroatoms.